The molecule has 1 atom stereocenters. The summed E-state index contributed by atoms with van der Waals surface area (Å²) in [6, 6.07) is 0. The number of rotatable bonds is 5. The molecule has 0 fully saturated rings. The topological polar surface area (TPSA) is 66.4 Å². The minimum absolute atomic E-state index is 0.0633. The minimum Gasteiger partial charge on any atom is -0.377 e. The van der Waals surface area contributed by atoms with Gasteiger partial charge in [-0.2, -0.15) is 13.2 Å². The van der Waals surface area contributed by atoms with Crippen molar-refractivity contribution in [3.05, 3.63) is 0 Å². The van der Waals surface area contributed by atoms with Crippen LogP contribution in [0.2, 0.25) is 0 Å². The predicted octanol–water partition coefficient (Wildman–Crippen LogP) is 1.42. The van der Waals surface area contributed by atoms with Crippen molar-refractivity contribution in [2.24, 2.45) is 5.41 Å². The minimum atomic E-state index is -4.92. The number of carbonyl (C=O) groups excluding carboxylic acids is 2. The van der Waals surface area contributed by atoms with Crippen LogP contribution in [-0.2, 0) is 9.59 Å². The van der Waals surface area contributed by atoms with Crippen LogP contribution in [0.25, 0.3) is 0 Å². The number of aliphatic hydroxyl groups is 1. The van der Waals surface area contributed by atoms with Crippen LogP contribution in [0.15, 0.2) is 0 Å². The van der Waals surface area contributed by atoms with Crippen molar-refractivity contribution in [2.75, 3.05) is 6.54 Å². The molecule has 106 valence electrons. The fourth-order valence-electron chi connectivity index (χ4n) is 1.05. The summed E-state index contributed by atoms with van der Waals surface area (Å²) in [6.45, 7) is 5.19. The molecule has 0 aromatic carbocycles. The molecule has 18 heavy (non-hydrogen) atoms. The smallest absolute Gasteiger partial charge is 0.377 e. The van der Waals surface area contributed by atoms with E-state index in [0.29, 0.717) is 0 Å². The van der Waals surface area contributed by atoms with E-state index >= 15 is 0 Å². The Hall–Kier alpha value is -1.11. The third-order valence-electron chi connectivity index (χ3n) is 2.18. The molecule has 2 N–H and O–H groups in total. The summed E-state index contributed by atoms with van der Waals surface area (Å²) in [7, 11) is 0. The zero-order valence-electron chi connectivity index (χ0n) is 10.6. The van der Waals surface area contributed by atoms with Gasteiger partial charge >= 0.3 is 6.18 Å². The summed E-state index contributed by atoms with van der Waals surface area (Å²) in [4.78, 5) is 22.3. The van der Waals surface area contributed by atoms with Crippen LogP contribution in [0.4, 0.5) is 13.2 Å². The van der Waals surface area contributed by atoms with E-state index < -0.39 is 29.9 Å². The van der Waals surface area contributed by atoms with Crippen LogP contribution in [0.1, 0.15) is 33.6 Å². The van der Waals surface area contributed by atoms with E-state index in [0.717, 1.165) is 0 Å². The maximum atomic E-state index is 12.0. The Morgan fingerprint density at radius 2 is 1.72 bits per heavy atom. The van der Waals surface area contributed by atoms with Crippen molar-refractivity contribution in [3.63, 3.8) is 0 Å². The van der Waals surface area contributed by atoms with Gasteiger partial charge in [0.15, 0.2) is 5.78 Å². The number of hydrogen-bond donors (Lipinski definition) is 2. The van der Waals surface area contributed by atoms with Gasteiger partial charge in [0.1, 0.15) is 0 Å². The van der Waals surface area contributed by atoms with Crippen molar-refractivity contribution >= 4 is 11.7 Å². The maximum absolute atomic E-state index is 12.0. The molecule has 1 unspecified atom stereocenters. The normalized spacial score (nSPS) is 14.2. The highest BCUT2D eigenvalue weighted by molar-refractivity contribution is 5.84. The molecule has 0 aromatic heterocycles. The molecule has 0 heterocycles. The lowest BCUT2D eigenvalue weighted by Crippen LogP contribution is -2.38. The molecule has 0 aliphatic carbocycles. The first kappa shape index (κ1) is 16.9. The molecule has 0 saturated carbocycles. The average Bonchev–Trinajstić information content (AvgIpc) is 2.19. The molecular weight excluding hydrogens is 251 g/mol. The third kappa shape index (κ3) is 6.00. The quantitative estimate of drug-likeness (QED) is 0.742. The van der Waals surface area contributed by atoms with Gasteiger partial charge in [0.05, 0.1) is 0 Å². The molecule has 0 aliphatic heterocycles. The van der Waals surface area contributed by atoms with Gasteiger partial charge in [-0.3, -0.25) is 9.59 Å². The molecule has 4 nitrogen and oxygen atoms in total. The van der Waals surface area contributed by atoms with Crippen LogP contribution in [-0.4, -0.2) is 35.6 Å². The SMILES string of the molecule is CC(C)(C)C(=O)NCCCC(=O)C(O)C(F)(F)F. The number of nitrogens with one attached hydrogen (secondary N) is 1. The van der Waals surface area contributed by atoms with Crippen LogP contribution in [0.5, 0.6) is 0 Å². The number of amides is 1. The Kier molecular flexibility index (Phi) is 5.79. The molecule has 1 amide bonds. The summed E-state index contributed by atoms with van der Waals surface area (Å²) in [5.74, 6) is -1.53. The van der Waals surface area contributed by atoms with Crippen molar-refractivity contribution in [2.45, 2.75) is 45.9 Å². The standard InChI is InChI=1S/C11H18F3NO3/c1-10(2,3)9(18)15-6-4-5-7(16)8(17)11(12,13)14/h8,17H,4-6H2,1-3H3,(H,15,18). The average molecular weight is 269 g/mol. The Morgan fingerprint density at radius 1 is 1.22 bits per heavy atom. The highest BCUT2D eigenvalue weighted by atomic mass is 19.4. The Labute approximate surface area is 104 Å². The first-order valence-electron chi connectivity index (χ1n) is 5.52. The highest BCUT2D eigenvalue weighted by Gasteiger charge is 2.42. The van der Waals surface area contributed by atoms with E-state index in [2.05, 4.69) is 5.32 Å². The van der Waals surface area contributed by atoms with Gasteiger partial charge in [-0.1, -0.05) is 20.8 Å². The zero-order valence-corrected chi connectivity index (χ0v) is 10.6. The fourth-order valence-corrected chi connectivity index (χ4v) is 1.05. The number of Topliss-reactive ketones (excluding diaryl/α,β-unsaturated/α-hetero) is 1. The summed E-state index contributed by atoms with van der Waals surface area (Å²) in [5, 5.41) is 11.1. The number of aliphatic hydroxyl groups excluding tert-OH is 1. The van der Waals surface area contributed by atoms with Gasteiger partial charge in [0.25, 0.3) is 0 Å². The van der Waals surface area contributed by atoms with Crippen molar-refractivity contribution in [1.29, 1.82) is 0 Å². The Morgan fingerprint density at radius 3 is 2.11 bits per heavy atom. The van der Waals surface area contributed by atoms with E-state index in [-0.39, 0.29) is 18.9 Å². The predicted molar refractivity (Wildman–Crippen MR) is 58.8 cm³/mol. The van der Waals surface area contributed by atoms with E-state index in [9.17, 15) is 22.8 Å². The molecule has 0 bridgehead atoms. The van der Waals surface area contributed by atoms with Crippen LogP contribution in [0.3, 0.4) is 0 Å². The van der Waals surface area contributed by atoms with Gasteiger partial charge in [-0.25, -0.2) is 0 Å². The molecule has 0 aromatic rings. The number of ketones is 1. The lowest BCUT2D eigenvalue weighted by atomic mass is 9.95. The first-order valence-corrected chi connectivity index (χ1v) is 5.52. The summed E-state index contributed by atoms with van der Waals surface area (Å²) in [5.41, 5.74) is -0.588. The van der Waals surface area contributed by atoms with Crippen molar-refractivity contribution in [1.82, 2.24) is 5.32 Å². The lowest BCUT2D eigenvalue weighted by molar-refractivity contribution is -0.203. The summed E-state index contributed by atoms with van der Waals surface area (Å²) in [6.07, 6.45) is -8.22. The van der Waals surface area contributed by atoms with Crippen LogP contribution < -0.4 is 5.32 Å². The first-order chi connectivity index (χ1) is 7.96. The third-order valence-corrected chi connectivity index (χ3v) is 2.18. The zero-order chi connectivity index (χ0) is 14.6. The highest BCUT2D eigenvalue weighted by Crippen LogP contribution is 2.21. The molecule has 0 spiro atoms. The molecule has 0 aliphatic rings. The second-order valence-electron chi connectivity index (χ2n) is 5.02. The van der Waals surface area contributed by atoms with E-state index in [1.165, 1.54) is 0 Å². The van der Waals surface area contributed by atoms with E-state index in [1.807, 2.05) is 0 Å². The molecule has 0 rings (SSSR count). The Bertz CT molecular complexity index is 308. The summed E-state index contributed by atoms with van der Waals surface area (Å²) < 4.78 is 35.9. The fraction of sp³-hybridized carbons (Fsp3) is 0.818. The molecular formula is C11H18F3NO3. The van der Waals surface area contributed by atoms with Gasteiger partial charge in [-0.05, 0) is 6.42 Å². The van der Waals surface area contributed by atoms with Gasteiger partial charge < -0.3 is 10.4 Å². The van der Waals surface area contributed by atoms with Gasteiger partial charge in [-0.15, -0.1) is 0 Å². The van der Waals surface area contributed by atoms with Gasteiger partial charge in [0, 0.05) is 18.4 Å². The van der Waals surface area contributed by atoms with Crippen LogP contribution in [0, 0.1) is 5.41 Å². The number of hydrogen-bond acceptors (Lipinski definition) is 3. The largest absolute Gasteiger partial charge is 0.421 e. The van der Waals surface area contributed by atoms with E-state index in [1.54, 1.807) is 20.8 Å². The second-order valence-corrected chi connectivity index (χ2v) is 5.02. The van der Waals surface area contributed by atoms with Crippen molar-refractivity contribution < 1.29 is 27.9 Å². The second kappa shape index (κ2) is 6.17. The van der Waals surface area contributed by atoms with Crippen LogP contribution >= 0.6 is 0 Å². The number of halogens is 3. The van der Waals surface area contributed by atoms with Crippen molar-refractivity contribution in [3.8, 4) is 0 Å². The summed E-state index contributed by atoms with van der Waals surface area (Å²) >= 11 is 0. The molecule has 0 radical (unpaired) electrons. The number of carbonyl (C=O) groups is 2. The Balaban J connectivity index is 3.94. The molecule has 7 heteroatoms. The van der Waals surface area contributed by atoms with Gasteiger partial charge in [0.2, 0.25) is 12.0 Å². The molecule has 0 saturated heterocycles. The maximum Gasteiger partial charge on any atom is 0.421 e. The lowest BCUT2D eigenvalue weighted by Gasteiger charge is -2.17. The van der Waals surface area contributed by atoms with E-state index in [4.69, 9.17) is 5.11 Å². The monoisotopic (exact) mass is 269 g/mol. The number of alkyl halides is 3.